The van der Waals surface area contributed by atoms with Crippen LogP contribution in [0, 0.1) is 11.9 Å². The summed E-state index contributed by atoms with van der Waals surface area (Å²) in [7, 11) is 0.973. The van der Waals surface area contributed by atoms with E-state index in [0.717, 1.165) is 96.9 Å². The van der Waals surface area contributed by atoms with Gasteiger partial charge in [0.1, 0.15) is 22.3 Å². The Balaban J connectivity index is 0.000000161. The molecule has 0 saturated heterocycles. The summed E-state index contributed by atoms with van der Waals surface area (Å²) in [4.78, 5) is 112. The van der Waals surface area contributed by atoms with Gasteiger partial charge >= 0.3 is 37.4 Å². The lowest BCUT2D eigenvalue weighted by atomic mass is 9.82. The minimum absolute atomic E-state index is 0.159. The van der Waals surface area contributed by atoms with Crippen LogP contribution in [0.2, 0.25) is 10.0 Å². The number of anilines is 2. The average molecular weight is 1900 g/mol. The van der Waals surface area contributed by atoms with Gasteiger partial charge in [-0.25, -0.2) is 74.2 Å². The minimum atomic E-state index is -4.68. The van der Waals surface area contributed by atoms with Crippen molar-refractivity contribution >= 4 is 115 Å². The molecule has 4 atom stereocenters. The van der Waals surface area contributed by atoms with Gasteiger partial charge in [0, 0.05) is 151 Å². The number of halogens is 11. The van der Waals surface area contributed by atoms with Gasteiger partial charge in [-0.3, -0.25) is 51.7 Å². The molecule has 37 nitrogen and oxygen atoms in total. The summed E-state index contributed by atoms with van der Waals surface area (Å²) in [6.07, 6.45) is 30.7. The number of methoxy groups -OCH3 is 2. The molecule has 670 valence electrons. The number of aliphatic hydroxyl groups excluding tert-OH is 1. The molecule has 0 bridgehead atoms. The molecular weight excluding hydrogens is 1830 g/mol. The van der Waals surface area contributed by atoms with Crippen LogP contribution >= 0.6 is 39.1 Å². The highest BCUT2D eigenvalue weighted by Crippen LogP contribution is 2.37. The Kier molecular flexibility index (Phi) is 33.7. The van der Waals surface area contributed by atoms with Crippen molar-refractivity contribution in [2.45, 2.75) is 64.5 Å². The molecule has 17 rings (SSSR count). The van der Waals surface area contributed by atoms with Crippen LogP contribution < -0.4 is 30.7 Å². The number of nitrogens with one attached hydrogen (secondary N) is 1. The standard InChI is InChI=1S/C20H14ClF3N6O2.C15H14N4O3.C14H12N4O3.C11H7FN4.C6H4BrN3.C6H4ClF3N2.C5H5BFNO2.C4H8O3/c1-11(19(31)29-16-6-13(20(22,23)24)14(21)8-26-16)32-18-3-2-12(7-28-18)15-9-27-17-10-25-4-5-30(15)17;1-10(15(20)21-2)22-14-4-3-11(7-18-14)12-8-17-13-9-16-5-6-19(12)13;1-9(14(19)20)21-13-3-2-10(6-17-13)11-7-16-12-8-15-4-5-18(11)12;12-10-2-1-8(5-14-10)9-6-15-11-7-13-3-4-16(9)11;7-5-3-9-6-4-8-1-2-10(5)6;7-4-2-12-5(11)1-3(4)6(8,9)10;7-5-2-1-4(3-8-5)6(9)10;1-3(5)4(6)7-2/h2-11H,1H3,(H,26,29,31);3-10H,1-2H3;2-9H,1H3,(H,19,20);1-7H;1-4H;1-2H,(H2,11,12);1-3,9-10H;3,5H,1-2H3. The van der Waals surface area contributed by atoms with E-state index in [-0.39, 0.29) is 28.9 Å². The predicted octanol–water partition coefficient (Wildman–Crippen LogP) is 11.8. The maximum absolute atomic E-state index is 13.0. The number of rotatable bonds is 16. The SMILES string of the molecule is Brc1cnc2cnccn12.CC(Oc1ccc(-c2cnc3cnccn23)cn1)C(=O)Nc1cc(C(F)(F)F)c(Cl)cn1.CC(Oc1ccc(-c2cnc3cnccn23)cn1)C(=O)O.COC(=O)C(C)O.COC(=O)C(C)Oc1ccc(-c2cnc3cnccn23)cn1.Fc1ccc(-c2cnc3cnccn23)cn1.Nc1cc(C(F)(F)F)c(Cl)cn1.OB(O)c1ccc(F)nc1. The van der Waals surface area contributed by atoms with Gasteiger partial charge in [0.05, 0.1) is 120 Å². The van der Waals surface area contributed by atoms with Crippen molar-refractivity contribution in [3.8, 4) is 62.7 Å². The summed E-state index contributed by atoms with van der Waals surface area (Å²) in [6, 6.07) is 17.0. The Bertz CT molecular complexity index is 6640. The summed E-state index contributed by atoms with van der Waals surface area (Å²) in [5.41, 5.74) is 13.7. The van der Waals surface area contributed by atoms with Crippen molar-refractivity contribution in [3.63, 3.8) is 0 Å². The monoisotopic (exact) mass is 1900 g/mol. The molecule has 0 aliphatic heterocycles. The largest absolute Gasteiger partial charge is 0.490 e. The Morgan fingerprint density at radius 2 is 0.792 bits per heavy atom. The molecule has 0 saturated carbocycles. The molecule has 7 N–H and O–H groups in total. The van der Waals surface area contributed by atoms with Gasteiger partial charge < -0.3 is 55.0 Å². The van der Waals surface area contributed by atoms with Gasteiger partial charge in [-0.15, -0.1) is 0 Å². The summed E-state index contributed by atoms with van der Waals surface area (Å²) >= 11 is 14.1. The number of carbonyl (C=O) groups excluding carboxylic acids is 3. The van der Waals surface area contributed by atoms with E-state index in [1.807, 2.05) is 46.7 Å². The number of aromatic nitrogens is 22. The lowest BCUT2D eigenvalue weighted by Crippen LogP contribution is -2.30. The third-order valence-corrected chi connectivity index (χ3v) is 18.2. The number of hydrogen-bond donors (Lipinski definition) is 6. The molecule has 0 aromatic carbocycles. The van der Waals surface area contributed by atoms with Crippen molar-refractivity contribution < 1.29 is 98.2 Å². The van der Waals surface area contributed by atoms with Crippen LogP contribution in [0.25, 0.3) is 73.3 Å². The molecule has 1 amide bonds. The summed E-state index contributed by atoms with van der Waals surface area (Å²) in [5.74, 6) is -3.61. The van der Waals surface area contributed by atoms with E-state index in [9.17, 15) is 54.3 Å². The fraction of sp³-hybridized carbons (Fsp3) is 0.148. The number of nitrogens with two attached hydrogens (primary N) is 1. The lowest BCUT2D eigenvalue weighted by Gasteiger charge is -2.15. The van der Waals surface area contributed by atoms with E-state index in [1.54, 1.807) is 167 Å². The summed E-state index contributed by atoms with van der Waals surface area (Å²) in [5, 5.41) is 35.4. The zero-order valence-corrected chi connectivity index (χ0v) is 71.0. The van der Waals surface area contributed by atoms with Crippen molar-refractivity contribution in [2.24, 2.45) is 0 Å². The van der Waals surface area contributed by atoms with Gasteiger partial charge in [0.15, 0.2) is 46.5 Å². The van der Waals surface area contributed by atoms with Gasteiger partial charge in [0.2, 0.25) is 29.5 Å². The highest BCUT2D eigenvalue weighted by atomic mass is 79.9. The van der Waals surface area contributed by atoms with Crippen LogP contribution in [0.4, 0.5) is 46.8 Å². The fourth-order valence-electron chi connectivity index (χ4n) is 10.6. The highest BCUT2D eigenvalue weighted by molar-refractivity contribution is 9.10. The molecule has 17 aromatic rings. The van der Waals surface area contributed by atoms with Crippen LogP contribution in [0.1, 0.15) is 38.8 Å². The number of carbonyl (C=O) groups is 4. The number of imidazole rings is 5. The van der Waals surface area contributed by atoms with Crippen LogP contribution in [0.5, 0.6) is 17.6 Å². The van der Waals surface area contributed by atoms with Gasteiger partial charge in [-0.1, -0.05) is 29.3 Å². The molecular formula is C81H68BBrCl2F8N24O13. The number of aliphatic hydroxyl groups is 1. The molecule has 49 heteroatoms. The first-order valence-corrected chi connectivity index (χ1v) is 38.7. The third kappa shape index (κ3) is 26.9. The van der Waals surface area contributed by atoms with Crippen LogP contribution in [-0.2, 0) is 41.0 Å². The zero-order chi connectivity index (χ0) is 93.9. The number of carboxylic acids is 1. The topological polar surface area (TPSA) is 475 Å². The number of nitrogens with zero attached hydrogens (tertiary/aromatic N) is 22. The highest BCUT2D eigenvalue weighted by Gasteiger charge is 2.35. The van der Waals surface area contributed by atoms with Crippen molar-refractivity contribution in [1.82, 2.24) is 107 Å². The van der Waals surface area contributed by atoms with Crippen molar-refractivity contribution in [2.75, 3.05) is 25.3 Å². The van der Waals surface area contributed by atoms with Crippen molar-refractivity contribution in [3.05, 3.63) is 278 Å². The number of amides is 1. The smallest absolute Gasteiger partial charge is 0.479 e. The number of ether oxygens (including phenoxy) is 5. The van der Waals surface area contributed by atoms with Crippen molar-refractivity contribution in [1.29, 1.82) is 0 Å². The maximum Gasteiger partial charge on any atom is 0.490 e. The lowest BCUT2D eigenvalue weighted by molar-refractivity contribution is -0.149. The Hall–Kier alpha value is -15.3. The van der Waals surface area contributed by atoms with E-state index in [1.165, 1.54) is 53.3 Å². The molecule has 0 aliphatic carbocycles. The first-order valence-electron chi connectivity index (χ1n) is 37.2. The van der Waals surface area contributed by atoms with E-state index >= 15 is 0 Å². The van der Waals surface area contributed by atoms with E-state index < -0.39 is 101 Å². The Morgan fingerprint density at radius 1 is 0.438 bits per heavy atom. The molecule has 0 radical (unpaired) electrons. The number of esters is 2. The first-order chi connectivity index (χ1) is 62.1. The number of aliphatic carboxylic acids is 1. The Morgan fingerprint density at radius 3 is 1.12 bits per heavy atom. The summed E-state index contributed by atoms with van der Waals surface area (Å²) in [6.45, 7) is 5.85. The normalized spacial score (nSPS) is 11.8. The maximum atomic E-state index is 13.0. The van der Waals surface area contributed by atoms with Gasteiger partial charge in [0.25, 0.3) is 5.91 Å². The Labute approximate surface area is 746 Å². The predicted molar refractivity (Wildman–Crippen MR) is 455 cm³/mol. The molecule has 0 spiro atoms. The molecule has 130 heavy (non-hydrogen) atoms. The zero-order valence-electron chi connectivity index (χ0n) is 67.9. The van der Waals surface area contributed by atoms with E-state index in [0.29, 0.717) is 23.7 Å². The average Bonchev–Trinajstić information content (AvgIpc) is 1.71. The third-order valence-electron chi connectivity index (χ3n) is 17.0. The quantitative estimate of drug-likeness (QED) is 0.0226. The number of pyridine rings is 7. The molecule has 0 aliphatic rings. The van der Waals surface area contributed by atoms with E-state index in [4.69, 9.17) is 63.4 Å². The van der Waals surface area contributed by atoms with Gasteiger partial charge in [-0.2, -0.15) is 35.1 Å². The number of carboxylic acid groups (broad SMARTS) is 1. The first kappa shape index (κ1) is 96.9. The van der Waals surface area contributed by atoms with Crippen LogP contribution in [0.3, 0.4) is 0 Å². The molecule has 17 aromatic heterocycles. The van der Waals surface area contributed by atoms with E-state index in [2.05, 4.69) is 115 Å². The fourth-order valence-corrected chi connectivity index (χ4v) is 11.4. The second kappa shape index (κ2) is 45.2. The number of alkyl halides is 6. The number of nitrogen functional groups attached to an aromatic ring is 1. The molecule has 0 fully saturated rings. The second-order valence-corrected chi connectivity index (χ2v) is 27.6. The van der Waals surface area contributed by atoms with Crippen LogP contribution in [0.15, 0.2) is 245 Å². The number of fused-ring (bicyclic) bond motifs is 5. The summed E-state index contributed by atoms with van der Waals surface area (Å²) < 4.78 is 135. The molecule has 17 heterocycles. The number of hydrogen-bond acceptors (Lipinski definition) is 30. The minimum Gasteiger partial charge on any atom is -0.479 e. The second-order valence-electron chi connectivity index (χ2n) is 26.0. The molecule has 4 unspecified atom stereocenters. The van der Waals surface area contributed by atoms with Crippen LogP contribution in [-0.4, -0.2) is 197 Å². The van der Waals surface area contributed by atoms with Gasteiger partial charge in [-0.05, 0) is 92.2 Å².